The van der Waals surface area contributed by atoms with Crippen molar-refractivity contribution in [1.29, 1.82) is 0 Å². The van der Waals surface area contributed by atoms with Crippen molar-refractivity contribution in [1.82, 2.24) is 4.98 Å². The number of hydrogen-bond donors (Lipinski definition) is 0. The minimum atomic E-state index is 0. The maximum Gasteiger partial charge on any atom is 0.0404 e. The summed E-state index contributed by atoms with van der Waals surface area (Å²) < 4.78 is 0. The van der Waals surface area contributed by atoms with E-state index in [1.807, 2.05) is 19.9 Å². The fourth-order valence-corrected chi connectivity index (χ4v) is 0.756. The summed E-state index contributed by atoms with van der Waals surface area (Å²) in [7, 11) is 0. The minimum Gasteiger partial charge on any atom is -0.258 e. The van der Waals surface area contributed by atoms with Gasteiger partial charge < -0.3 is 0 Å². The Bertz CT molecular complexity index is 220. The number of pyridine rings is 1. The first kappa shape index (κ1) is 9.44. The third-order valence-corrected chi connectivity index (χ3v) is 1.49. The Hall–Kier alpha value is -0.560. The highest BCUT2D eigenvalue weighted by molar-refractivity contribution is 5.85. The molecule has 0 saturated carbocycles. The van der Waals surface area contributed by atoms with Gasteiger partial charge in [0.15, 0.2) is 0 Å². The molecule has 56 valence electrons. The molecule has 1 rings (SSSR count). The average Bonchev–Trinajstić information content (AvgIpc) is 1.80. The van der Waals surface area contributed by atoms with Crippen LogP contribution in [-0.4, -0.2) is 4.98 Å². The zero-order chi connectivity index (χ0) is 6.85. The normalized spacial score (nSPS) is 8.70. The molecule has 0 amide bonds. The van der Waals surface area contributed by atoms with Crippen molar-refractivity contribution in [3.8, 4) is 0 Å². The predicted octanol–water partition coefficient (Wildman–Crippen LogP) is 2.43. The number of aromatic nitrogens is 1. The van der Waals surface area contributed by atoms with Crippen molar-refractivity contribution in [2.24, 2.45) is 0 Å². The zero-order valence-electron chi connectivity index (χ0n) is 6.51. The molecule has 0 bridgehead atoms. The van der Waals surface area contributed by atoms with Crippen LogP contribution in [0.2, 0.25) is 0 Å². The quantitative estimate of drug-likeness (QED) is 0.564. The van der Waals surface area contributed by atoms with Crippen LogP contribution in [0.1, 0.15) is 17.0 Å². The van der Waals surface area contributed by atoms with Crippen molar-refractivity contribution in [3.63, 3.8) is 0 Å². The van der Waals surface area contributed by atoms with Crippen LogP contribution >= 0.6 is 12.4 Å². The van der Waals surface area contributed by atoms with Gasteiger partial charge in [-0.25, -0.2) is 0 Å². The molecule has 1 nitrogen and oxygen atoms in total. The maximum absolute atomic E-state index is 4.27. The molecule has 0 unspecified atom stereocenters. The van der Waals surface area contributed by atoms with Gasteiger partial charge in [0.1, 0.15) is 0 Å². The van der Waals surface area contributed by atoms with Gasteiger partial charge in [0.05, 0.1) is 0 Å². The van der Waals surface area contributed by atoms with E-state index < -0.39 is 0 Å². The van der Waals surface area contributed by atoms with Crippen LogP contribution in [0.5, 0.6) is 0 Å². The Morgan fingerprint density at radius 2 is 1.70 bits per heavy atom. The molecule has 0 saturated heterocycles. The summed E-state index contributed by atoms with van der Waals surface area (Å²) in [6, 6.07) is 4.12. The van der Waals surface area contributed by atoms with Gasteiger partial charge in [-0.05, 0) is 32.4 Å². The van der Waals surface area contributed by atoms with E-state index in [1.54, 1.807) is 0 Å². The molecule has 0 atom stereocenters. The SMILES string of the molecule is Cc1ccc(C)c(C)n1.Cl. The highest BCUT2D eigenvalue weighted by Crippen LogP contribution is 2.02. The molecule has 0 spiro atoms. The fourth-order valence-electron chi connectivity index (χ4n) is 0.756. The molecular formula is C8H12ClN. The highest BCUT2D eigenvalue weighted by Gasteiger charge is 1.90. The molecule has 0 radical (unpaired) electrons. The van der Waals surface area contributed by atoms with Crippen LogP contribution in [-0.2, 0) is 0 Å². The topological polar surface area (TPSA) is 12.9 Å². The lowest BCUT2D eigenvalue weighted by Crippen LogP contribution is -1.87. The Kier molecular flexibility index (Phi) is 3.37. The van der Waals surface area contributed by atoms with Crippen molar-refractivity contribution in [3.05, 3.63) is 29.1 Å². The monoisotopic (exact) mass is 157 g/mol. The van der Waals surface area contributed by atoms with E-state index in [0.29, 0.717) is 0 Å². The molecule has 10 heavy (non-hydrogen) atoms. The van der Waals surface area contributed by atoms with E-state index >= 15 is 0 Å². The number of hydrogen-bond acceptors (Lipinski definition) is 1. The molecule has 0 fully saturated rings. The molecule has 2 heteroatoms. The predicted molar refractivity (Wildman–Crippen MR) is 45.7 cm³/mol. The van der Waals surface area contributed by atoms with Gasteiger partial charge in [-0.1, -0.05) is 6.07 Å². The van der Waals surface area contributed by atoms with Gasteiger partial charge in [0.2, 0.25) is 0 Å². The smallest absolute Gasteiger partial charge is 0.0404 e. The summed E-state index contributed by atoms with van der Waals surface area (Å²) >= 11 is 0. The summed E-state index contributed by atoms with van der Waals surface area (Å²) in [6.45, 7) is 6.11. The first-order chi connectivity index (χ1) is 4.20. The van der Waals surface area contributed by atoms with E-state index in [-0.39, 0.29) is 12.4 Å². The summed E-state index contributed by atoms with van der Waals surface area (Å²) in [5, 5.41) is 0. The largest absolute Gasteiger partial charge is 0.258 e. The van der Waals surface area contributed by atoms with Crippen molar-refractivity contribution >= 4 is 12.4 Å². The standard InChI is InChI=1S/C8H11N.ClH/c1-6-4-5-7(2)9-8(6)3;/h4-5H,1-3H3;1H. The lowest BCUT2D eigenvalue weighted by atomic mass is 10.2. The van der Waals surface area contributed by atoms with Crippen LogP contribution in [0.3, 0.4) is 0 Å². The second-order valence-electron chi connectivity index (χ2n) is 2.35. The molecule has 0 aliphatic rings. The number of nitrogens with zero attached hydrogens (tertiary/aromatic N) is 1. The molecule has 1 heterocycles. The Labute approximate surface area is 67.9 Å². The Morgan fingerprint density at radius 3 is 2.10 bits per heavy atom. The lowest BCUT2D eigenvalue weighted by molar-refractivity contribution is 1.09. The van der Waals surface area contributed by atoms with E-state index in [0.717, 1.165) is 11.4 Å². The molecule has 1 aromatic heterocycles. The van der Waals surface area contributed by atoms with Gasteiger partial charge in [-0.3, -0.25) is 4.98 Å². The average molecular weight is 158 g/mol. The maximum atomic E-state index is 4.27. The fraction of sp³-hybridized carbons (Fsp3) is 0.375. The molecule has 0 aliphatic carbocycles. The van der Waals surface area contributed by atoms with Crippen LogP contribution in [0.15, 0.2) is 12.1 Å². The third-order valence-electron chi connectivity index (χ3n) is 1.49. The lowest BCUT2D eigenvalue weighted by Gasteiger charge is -1.97. The third kappa shape index (κ3) is 1.99. The first-order valence-electron chi connectivity index (χ1n) is 3.11. The van der Waals surface area contributed by atoms with Gasteiger partial charge in [-0.2, -0.15) is 0 Å². The zero-order valence-corrected chi connectivity index (χ0v) is 7.33. The first-order valence-corrected chi connectivity index (χ1v) is 3.11. The summed E-state index contributed by atoms with van der Waals surface area (Å²) in [4.78, 5) is 4.27. The van der Waals surface area contributed by atoms with Crippen molar-refractivity contribution in [2.75, 3.05) is 0 Å². The van der Waals surface area contributed by atoms with E-state index in [1.165, 1.54) is 5.56 Å². The molecular weight excluding hydrogens is 146 g/mol. The van der Waals surface area contributed by atoms with Crippen molar-refractivity contribution in [2.45, 2.75) is 20.8 Å². The Morgan fingerprint density at radius 1 is 1.10 bits per heavy atom. The van der Waals surface area contributed by atoms with Gasteiger partial charge >= 0.3 is 0 Å². The van der Waals surface area contributed by atoms with Crippen LogP contribution < -0.4 is 0 Å². The van der Waals surface area contributed by atoms with Gasteiger partial charge in [0.25, 0.3) is 0 Å². The summed E-state index contributed by atoms with van der Waals surface area (Å²) in [5.41, 5.74) is 3.49. The van der Waals surface area contributed by atoms with E-state index in [9.17, 15) is 0 Å². The van der Waals surface area contributed by atoms with Crippen LogP contribution in [0.25, 0.3) is 0 Å². The number of aryl methyl sites for hydroxylation is 3. The summed E-state index contributed by atoms with van der Waals surface area (Å²) in [5.74, 6) is 0. The second kappa shape index (κ2) is 3.57. The van der Waals surface area contributed by atoms with Gasteiger partial charge in [0, 0.05) is 11.4 Å². The van der Waals surface area contributed by atoms with Crippen molar-refractivity contribution < 1.29 is 0 Å². The second-order valence-corrected chi connectivity index (χ2v) is 2.35. The molecule has 0 N–H and O–H groups in total. The molecule has 1 aromatic rings. The molecule has 0 aromatic carbocycles. The Balaban J connectivity index is 0.000000810. The van der Waals surface area contributed by atoms with E-state index in [4.69, 9.17) is 0 Å². The van der Waals surface area contributed by atoms with E-state index in [2.05, 4.69) is 18.0 Å². The summed E-state index contributed by atoms with van der Waals surface area (Å²) in [6.07, 6.45) is 0. The number of halogens is 1. The highest BCUT2D eigenvalue weighted by atomic mass is 35.5. The van der Waals surface area contributed by atoms with Gasteiger partial charge in [-0.15, -0.1) is 12.4 Å². The minimum absolute atomic E-state index is 0. The van der Waals surface area contributed by atoms with Crippen LogP contribution in [0, 0.1) is 20.8 Å². The molecule has 0 aliphatic heterocycles. The number of rotatable bonds is 0. The van der Waals surface area contributed by atoms with Crippen LogP contribution in [0.4, 0.5) is 0 Å².